The van der Waals surface area contributed by atoms with Crippen molar-refractivity contribution >= 4 is 40.5 Å². The normalized spacial score (nSPS) is 11.8. The van der Waals surface area contributed by atoms with E-state index in [0.29, 0.717) is 15.8 Å². The molecule has 1 unspecified atom stereocenters. The van der Waals surface area contributed by atoms with Crippen LogP contribution in [-0.2, 0) is 4.79 Å². The smallest absolute Gasteiger partial charge is 0.265 e. The Bertz CT molecular complexity index is 759. The summed E-state index contributed by atoms with van der Waals surface area (Å²) >= 11 is 12.2. The second-order valence-corrected chi connectivity index (χ2v) is 6.81. The Balaban J connectivity index is 2.02. The number of hydrogen-bond acceptors (Lipinski definition) is 3. The summed E-state index contributed by atoms with van der Waals surface area (Å²) in [5.41, 5.74) is 2.69. The van der Waals surface area contributed by atoms with E-state index >= 15 is 0 Å². The SMILES string of the molecule is CCN(CC)c1ccc(NC(=O)C(C)Oc2cc(C)c(Cl)cc2Cl)cc1. The molecule has 1 amide bonds. The highest BCUT2D eigenvalue weighted by Gasteiger charge is 2.17. The predicted octanol–water partition coefficient (Wildman–Crippen LogP) is 5.55. The molecule has 0 radical (unpaired) electrons. The van der Waals surface area contributed by atoms with E-state index in [9.17, 15) is 4.79 Å². The van der Waals surface area contributed by atoms with Gasteiger partial charge in [0, 0.05) is 29.5 Å². The van der Waals surface area contributed by atoms with Gasteiger partial charge in [0.2, 0.25) is 0 Å². The number of carbonyl (C=O) groups excluding carboxylic acids is 1. The van der Waals surface area contributed by atoms with Crippen molar-refractivity contribution in [3.8, 4) is 5.75 Å². The van der Waals surface area contributed by atoms with Gasteiger partial charge in [-0.15, -0.1) is 0 Å². The number of nitrogens with zero attached hydrogens (tertiary/aromatic N) is 1. The van der Waals surface area contributed by atoms with Gasteiger partial charge in [0.1, 0.15) is 5.75 Å². The summed E-state index contributed by atoms with van der Waals surface area (Å²) in [6.07, 6.45) is -0.699. The molecule has 0 aliphatic carbocycles. The fourth-order valence-electron chi connectivity index (χ4n) is 2.55. The molecule has 0 saturated heterocycles. The predicted molar refractivity (Wildman–Crippen MR) is 110 cm³/mol. The van der Waals surface area contributed by atoms with Gasteiger partial charge in [0.25, 0.3) is 5.91 Å². The molecule has 0 saturated carbocycles. The first-order valence-electron chi connectivity index (χ1n) is 8.63. The molecule has 2 rings (SSSR count). The van der Waals surface area contributed by atoms with Crippen molar-refractivity contribution in [1.82, 2.24) is 0 Å². The summed E-state index contributed by atoms with van der Waals surface area (Å²) in [5, 5.41) is 3.80. The van der Waals surface area contributed by atoms with Crippen molar-refractivity contribution in [2.24, 2.45) is 0 Å². The minimum Gasteiger partial charge on any atom is -0.479 e. The molecule has 2 aromatic carbocycles. The molecule has 0 heterocycles. The lowest BCUT2D eigenvalue weighted by Crippen LogP contribution is -2.30. The number of halogens is 2. The van der Waals surface area contributed by atoms with Crippen molar-refractivity contribution < 1.29 is 9.53 Å². The second-order valence-electron chi connectivity index (χ2n) is 6.00. The molecular formula is C20H24Cl2N2O2. The minimum atomic E-state index is -0.699. The number of amides is 1. The van der Waals surface area contributed by atoms with Crippen molar-refractivity contribution in [1.29, 1.82) is 0 Å². The largest absolute Gasteiger partial charge is 0.479 e. The summed E-state index contributed by atoms with van der Waals surface area (Å²) < 4.78 is 5.70. The average molecular weight is 395 g/mol. The van der Waals surface area contributed by atoms with Crippen LogP contribution in [-0.4, -0.2) is 25.1 Å². The molecule has 0 fully saturated rings. The standard InChI is InChI=1S/C20H24Cl2N2O2/c1-5-24(6-2)16-9-7-15(8-10-16)23-20(25)14(4)26-19-11-13(3)17(21)12-18(19)22/h7-12,14H,5-6H2,1-4H3,(H,23,25). The molecule has 0 aliphatic rings. The van der Waals surface area contributed by atoms with E-state index in [1.807, 2.05) is 31.2 Å². The van der Waals surface area contributed by atoms with Crippen molar-refractivity contribution in [2.75, 3.05) is 23.3 Å². The van der Waals surface area contributed by atoms with Crippen molar-refractivity contribution in [3.63, 3.8) is 0 Å². The lowest BCUT2D eigenvalue weighted by molar-refractivity contribution is -0.122. The van der Waals surface area contributed by atoms with Gasteiger partial charge < -0.3 is 15.0 Å². The van der Waals surface area contributed by atoms with Gasteiger partial charge in [-0.2, -0.15) is 0 Å². The molecule has 1 N–H and O–H groups in total. The Morgan fingerprint density at radius 3 is 2.31 bits per heavy atom. The summed E-state index contributed by atoms with van der Waals surface area (Å²) in [7, 11) is 0. The van der Waals surface area contributed by atoms with Gasteiger partial charge in [0.05, 0.1) is 5.02 Å². The van der Waals surface area contributed by atoms with Crippen LogP contribution in [0.15, 0.2) is 36.4 Å². The van der Waals surface area contributed by atoms with Crippen LogP contribution in [0.25, 0.3) is 0 Å². The summed E-state index contributed by atoms with van der Waals surface area (Å²) in [6, 6.07) is 11.1. The molecule has 140 valence electrons. The highest BCUT2D eigenvalue weighted by Crippen LogP contribution is 2.31. The van der Waals surface area contributed by atoms with E-state index in [-0.39, 0.29) is 5.91 Å². The Morgan fingerprint density at radius 1 is 1.12 bits per heavy atom. The number of anilines is 2. The molecule has 26 heavy (non-hydrogen) atoms. The van der Waals surface area contributed by atoms with Gasteiger partial charge in [-0.05, 0) is 69.7 Å². The number of rotatable bonds is 7. The highest BCUT2D eigenvalue weighted by molar-refractivity contribution is 6.36. The van der Waals surface area contributed by atoms with E-state index in [1.165, 1.54) is 0 Å². The molecule has 0 aliphatic heterocycles. The molecule has 4 nitrogen and oxygen atoms in total. The number of hydrogen-bond donors (Lipinski definition) is 1. The molecular weight excluding hydrogens is 371 g/mol. The van der Waals surface area contributed by atoms with Crippen molar-refractivity contribution in [3.05, 3.63) is 52.0 Å². The zero-order valence-corrected chi connectivity index (χ0v) is 17.0. The lowest BCUT2D eigenvalue weighted by atomic mass is 10.2. The topological polar surface area (TPSA) is 41.6 Å². The number of ether oxygens (including phenoxy) is 1. The maximum absolute atomic E-state index is 12.4. The van der Waals surface area contributed by atoms with Gasteiger partial charge >= 0.3 is 0 Å². The van der Waals surface area contributed by atoms with E-state index in [2.05, 4.69) is 24.1 Å². The van der Waals surface area contributed by atoms with Gasteiger partial charge in [-0.3, -0.25) is 4.79 Å². The van der Waals surface area contributed by atoms with Crippen LogP contribution in [0.3, 0.4) is 0 Å². The molecule has 0 spiro atoms. The molecule has 2 aromatic rings. The van der Waals surface area contributed by atoms with Crippen LogP contribution in [0.4, 0.5) is 11.4 Å². The van der Waals surface area contributed by atoms with Crippen LogP contribution in [0.2, 0.25) is 10.0 Å². The summed E-state index contributed by atoms with van der Waals surface area (Å²) in [5.74, 6) is 0.192. The number of nitrogens with one attached hydrogen (secondary N) is 1. The van der Waals surface area contributed by atoms with Crippen LogP contribution in [0.1, 0.15) is 26.3 Å². The molecule has 6 heteroatoms. The Hall–Kier alpha value is -1.91. The first-order chi connectivity index (χ1) is 12.3. The lowest BCUT2D eigenvalue weighted by Gasteiger charge is -2.21. The first-order valence-corrected chi connectivity index (χ1v) is 9.39. The number of aryl methyl sites for hydroxylation is 1. The number of benzene rings is 2. The number of carbonyl (C=O) groups is 1. The Morgan fingerprint density at radius 2 is 1.73 bits per heavy atom. The first kappa shape index (κ1) is 20.4. The Labute approximate surface area is 165 Å². The van der Waals surface area contributed by atoms with Crippen LogP contribution < -0.4 is 15.0 Å². The average Bonchev–Trinajstić information content (AvgIpc) is 2.62. The molecule has 1 atom stereocenters. The zero-order chi connectivity index (χ0) is 19.3. The summed E-state index contributed by atoms with van der Waals surface area (Å²) in [4.78, 5) is 14.6. The third-order valence-electron chi connectivity index (χ3n) is 4.15. The van der Waals surface area contributed by atoms with E-state index in [4.69, 9.17) is 27.9 Å². The van der Waals surface area contributed by atoms with Crippen LogP contribution in [0.5, 0.6) is 5.75 Å². The molecule has 0 bridgehead atoms. The van der Waals surface area contributed by atoms with Gasteiger partial charge in [0.15, 0.2) is 6.10 Å². The molecule has 0 aromatic heterocycles. The van der Waals surface area contributed by atoms with Gasteiger partial charge in [-0.25, -0.2) is 0 Å². The fourth-order valence-corrected chi connectivity index (χ4v) is 2.98. The second kappa shape index (κ2) is 9.15. The fraction of sp³-hybridized carbons (Fsp3) is 0.350. The maximum atomic E-state index is 12.4. The Kier molecular flexibility index (Phi) is 7.18. The summed E-state index contributed by atoms with van der Waals surface area (Å²) in [6.45, 7) is 9.64. The monoisotopic (exact) mass is 394 g/mol. The van der Waals surface area contributed by atoms with E-state index in [0.717, 1.165) is 30.0 Å². The third kappa shape index (κ3) is 5.05. The van der Waals surface area contributed by atoms with E-state index in [1.54, 1.807) is 19.1 Å². The van der Waals surface area contributed by atoms with Crippen molar-refractivity contribution in [2.45, 2.75) is 33.8 Å². The third-order valence-corrected chi connectivity index (χ3v) is 4.85. The van der Waals surface area contributed by atoms with E-state index < -0.39 is 6.10 Å². The van der Waals surface area contributed by atoms with Gasteiger partial charge in [-0.1, -0.05) is 23.2 Å². The van der Waals surface area contributed by atoms with Crippen LogP contribution >= 0.6 is 23.2 Å². The minimum absolute atomic E-state index is 0.246. The quantitative estimate of drug-likeness (QED) is 0.668. The highest BCUT2D eigenvalue weighted by atomic mass is 35.5. The maximum Gasteiger partial charge on any atom is 0.265 e. The zero-order valence-electron chi connectivity index (χ0n) is 15.5. The van der Waals surface area contributed by atoms with Crippen LogP contribution in [0, 0.1) is 6.92 Å².